The number of nitrogens with zero attached hydrogens (tertiary/aromatic N) is 2. The maximum Gasteiger partial charge on any atom is 0.162 e. The van der Waals surface area contributed by atoms with Gasteiger partial charge in [-0.05, 0) is 55.8 Å². The van der Waals surface area contributed by atoms with Crippen LogP contribution in [0.1, 0.15) is 23.7 Å². The molecule has 0 aliphatic rings. The number of halogens is 1. The molecule has 4 heteroatoms. The molecule has 1 heterocycles. The van der Waals surface area contributed by atoms with E-state index in [2.05, 4.69) is 76.8 Å². The quantitative estimate of drug-likeness (QED) is 0.830. The summed E-state index contributed by atoms with van der Waals surface area (Å²) in [5.41, 5.74) is 4.59. The Morgan fingerprint density at radius 3 is 2.53 bits per heavy atom. The Morgan fingerprint density at radius 1 is 1.16 bits per heavy atom. The van der Waals surface area contributed by atoms with E-state index in [0.29, 0.717) is 0 Å². The fourth-order valence-corrected chi connectivity index (χ4v) is 2.46. The van der Waals surface area contributed by atoms with Crippen LogP contribution >= 0.6 is 22.6 Å². The molecule has 1 aromatic heterocycles. The zero-order chi connectivity index (χ0) is 14.0. The van der Waals surface area contributed by atoms with E-state index in [9.17, 15) is 0 Å². The van der Waals surface area contributed by atoms with Crippen LogP contribution in [0.4, 0.5) is 5.82 Å². The predicted molar refractivity (Wildman–Crippen MR) is 88.6 cm³/mol. The molecule has 0 saturated carbocycles. The summed E-state index contributed by atoms with van der Waals surface area (Å²) in [5, 5.41) is 3.30. The van der Waals surface area contributed by atoms with Crippen LogP contribution in [0.2, 0.25) is 0 Å². The molecule has 0 fully saturated rings. The van der Waals surface area contributed by atoms with Gasteiger partial charge < -0.3 is 5.32 Å². The first-order valence-corrected chi connectivity index (χ1v) is 7.46. The van der Waals surface area contributed by atoms with Crippen molar-refractivity contribution in [2.45, 2.75) is 27.7 Å². The lowest BCUT2D eigenvalue weighted by atomic mass is 10.1. The first-order valence-electron chi connectivity index (χ1n) is 6.38. The van der Waals surface area contributed by atoms with Gasteiger partial charge in [0.2, 0.25) is 0 Å². The largest absolute Gasteiger partial charge is 0.369 e. The summed E-state index contributed by atoms with van der Waals surface area (Å²) < 4.78 is 1.09. The minimum Gasteiger partial charge on any atom is -0.369 e. The van der Waals surface area contributed by atoms with Gasteiger partial charge in [0.15, 0.2) is 5.82 Å². The highest BCUT2D eigenvalue weighted by Crippen LogP contribution is 2.26. The molecule has 0 radical (unpaired) electrons. The lowest BCUT2D eigenvalue weighted by Gasteiger charge is -2.11. The summed E-state index contributed by atoms with van der Waals surface area (Å²) >= 11 is 2.29. The summed E-state index contributed by atoms with van der Waals surface area (Å²) in [6.07, 6.45) is 0. The highest BCUT2D eigenvalue weighted by molar-refractivity contribution is 14.1. The molecule has 1 aromatic carbocycles. The first-order chi connectivity index (χ1) is 9.02. The Labute approximate surface area is 128 Å². The predicted octanol–water partition coefficient (Wildman–Crippen LogP) is 4.11. The summed E-state index contributed by atoms with van der Waals surface area (Å²) in [4.78, 5) is 9.27. The Bertz CT molecular complexity index is 609. The van der Waals surface area contributed by atoms with Crippen LogP contribution in [0.5, 0.6) is 0 Å². The van der Waals surface area contributed by atoms with E-state index in [1.54, 1.807) is 0 Å². The molecule has 0 amide bonds. The Kier molecular flexibility index (Phi) is 4.39. The monoisotopic (exact) mass is 367 g/mol. The van der Waals surface area contributed by atoms with Crippen LogP contribution in [0.25, 0.3) is 11.4 Å². The van der Waals surface area contributed by atoms with Crippen LogP contribution in [-0.4, -0.2) is 16.5 Å². The number of aromatic nitrogens is 2. The van der Waals surface area contributed by atoms with Gasteiger partial charge in [-0.3, -0.25) is 0 Å². The van der Waals surface area contributed by atoms with Crippen molar-refractivity contribution in [2.75, 3.05) is 11.9 Å². The van der Waals surface area contributed by atoms with Crippen molar-refractivity contribution < 1.29 is 0 Å². The zero-order valence-corrected chi connectivity index (χ0v) is 13.9. The fraction of sp³-hybridized carbons (Fsp3) is 0.333. The number of aryl methyl sites for hydroxylation is 3. The summed E-state index contributed by atoms with van der Waals surface area (Å²) in [5.74, 6) is 1.72. The summed E-state index contributed by atoms with van der Waals surface area (Å²) in [6.45, 7) is 9.16. The van der Waals surface area contributed by atoms with E-state index in [4.69, 9.17) is 0 Å². The van der Waals surface area contributed by atoms with E-state index < -0.39 is 0 Å². The van der Waals surface area contributed by atoms with Crippen LogP contribution < -0.4 is 5.32 Å². The molecule has 3 nitrogen and oxygen atoms in total. The van der Waals surface area contributed by atoms with E-state index in [0.717, 1.165) is 33.0 Å². The zero-order valence-electron chi connectivity index (χ0n) is 11.7. The maximum atomic E-state index is 4.65. The topological polar surface area (TPSA) is 37.8 Å². The minimum absolute atomic E-state index is 0.798. The van der Waals surface area contributed by atoms with Gasteiger partial charge in [-0.25, -0.2) is 9.97 Å². The van der Waals surface area contributed by atoms with Gasteiger partial charge in [-0.1, -0.05) is 23.8 Å². The van der Waals surface area contributed by atoms with E-state index in [1.165, 1.54) is 11.1 Å². The molecule has 0 bridgehead atoms. The molecular weight excluding hydrogens is 349 g/mol. The van der Waals surface area contributed by atoms with Crippen LogP contribution in [0.15, 0.2) is 18.2 Å². The number of rotatable bonds is 3. The van der Waals surface area contributed by atoms with Gasteiger partial charge in [-0.15, -0.1) is 0 Å². The minimum atomic E-state index is 0.798. The van der Waals surface area contributed by atoms with Crippen molar-refractivity contribution in [3.05, 3.63) is 38.6 Å². The molecule has 0 aliphatic heterocycles. The van der Waals surface area contributed by atoms with E-state index >= 15 is 0 Å². The SMILES string of the molecule is CCNc1nc(-c2ccc(C)cc2C)nc(C)c1I. The molecule has 100 valence electrons. The molecular formula is C15H18IN3. The van der Waals surface area contributed by atoms with Crippen molar-refractivity contribution >= 4 is 28.4 Å². The normalized spacial score (nSPS) is 10.6. The second-order valence-corrected chi connectivity index (χ2v) is 5.72. The molecule has 1 N–H and O–H groups in total. The smallest absolute Gasteiger partial charge is 0.162 e. The number of nitrogens with one attached hydrogen (secondary N) is 1. The van der Waals surface area contributed by atoms with Crippen molar-refractivity contribution in [3.63, 3.8) is 0 Å². The average Bonchev–Trinajstić information content (AvgIpc) is 2.35. The third kappa shape index (κ3) is 3.05. The Balaban J connectivity index is 2.56. The van der Waals surface area contributed by atoms with Crippen LogP contribution in [0.3, 0.4) is 0 Å². The third-order valence-corrected chi connectivity index (χ3v) is 4.28. The molecule has 2 rings (SSSR count). The highest BCUT2D eigenvalue weighted by Gasteiger charge is 2.11. The standard InChI is InChI=1S/C15H18IN3/c1-5-17-15-13(16)11(4)18-14(19-15)12-7-6-9(2)8-10(12)3/h6-8H,5H2,1-4H3,(H,17,18,19). The molecule has 19 heavy (non-hydrogen) atoms. The molecule has 0 saturated heterocycles. The van der Waals surface area contributed by atoms with Gasteiger partial charge in [-0.2, -0.15) is 0 Å². The summed E-state index contributed by atoms with van der Waals surface area (Å²) in [6, 6.07) is 6.37. The Morgan fingerprint density at radius 2 is 1.89 bits per heavy atom. The van der Waals surface area contributed by atoms with E-state index in [-0.39, 0.29) is 0 Å². The van der Waals surface area contributed by atoms with Crippen LogP contribution in [-0.2, 0) is 0 Å². The molecule has 0 aliphatic carbocycles. The first kappa shape index (κ1) is 14.2. The van der Waals surface area contributed by atoms with Crippen molar-refractivity contribution in [1.82, 2.24) is 9.97 Å². The van der Waals surface area contributed by atoms with Gasteiger partial charge in [0.05, 0.1) is 9.26 Å². The molecule has 0 unspecified atom stereocenters. The van der Waals surface area contributed by atoms with Crippen molar-refractivity contribution in [1.29, 1.82) is 0 Å². The highest BCUT2D eigenvalue weighted by atomic mass is 127. The number of hydrogen-bond acceptors (Lipinski definition) is 3. The van der Waals surface area contributed by atoms with Crippen molar-refractivity contribution in [2.24, 2.45) is 0 Å². The molecule has 0 spiro atoms. The van der Waals surface area contributed by atoms with Gasteiger partial charge in [0.25, 0.3) is 0 Å². The Hall–Kier alpha value is -1.17. The number of hydrogen-bond donors (Lipinski definition) is 1. The number of benzene rings is 1. The second-order valence-electron chi connectivity index (χ2n) is 4.64. The second kappa shape index (κ2) is 5.86. The lowest BCUT2D eigenvalue weighted by Crippen LogP contribution is -2.06. The fourth-order valence-electron chi connectivity index (χ4n) is 2.03. The molecule has 0 atom stereocenters. The third-order valence-electron chi connectivity index (χ3n) is 2.98. The lowest BCUT2D eigenvalue weighted by molar-refractivity contribution is 1.06. The van der Waals surface area contributed by atoms with E-state index in [1.807, 2.05) is 6.92 Å². The van der Waals surface area contributed by atoms with Gasteiger partial charge >= 0.3 is 0 Å². The molecule has 2 aromatic rings. The maximum absolute atomic E-state index is 4.65. The van der Waals surface area contributed by atoms with Gasteiger partial charge in [0.1, 0.15) is 5.82 Å². The average molecular weight is 367 g/mol. The van der Waals surface area contributed by atoms with Crippen LogP contribution in [0, 0.1) is 24.3 Å². The van der Waals surface area contributed by atoms with Crippen molar-refractivity contribution in [3.8, 4) is 11.4 Å². The van der Waals surface area contributed by atoms with Gasteiger partial charge in [0, 0.05) is 12.1 Å². The number of anilines is 1. The summed E-state index contributed by atoms with van der Waals surface area (Å²) in [7, 11) is 0.